The predicted molar refractivity (Wildman–Crippen MR) is 74.2 cm³/mol. The minimum Gasteiger partial charge on any atom is -0.339 e. The van der Waals surface area contributed by atoms with Gasteiger partial charge in [-0.05, 0) is 50.6 Å². The van der Waals surface area contributed by atoms with E-state index in [1.807, 2.05) is 24.3 Å². The summed E-state index contributed by atoms with van der Waals surface area (Å²) in [5.74, 6) is 1.75. The van der Waals surface area contributed by atoms with Crippen LogP contribution in [0.1, 0.15) is 31.6 Å². The lowest BCUT2D eigenvalue weighted by molar-refractivity contribution is 0.295. The molecule has 2 atom stereocenters. The van der Waals surface area contributed by atoms with E-state index in [1.54, 1.807) is 0 Å². The Morgan fingerprint density at radius 3 is 2.84 bits per heavy atom. The van der Waals surface area contributed by atoms with E-state index >= 15 is 0 Å². The lowest BCUT2D eigenvalue weighted by Gasteiger charge is -2.25. The van der Waals surface area contributed by atoms with Gasteiger partial charge in [0.1, 0.15) is 0 Å². The second-order valence-electron chi connectivity index (χ2n) is 5.04. The topological polar surface area (TPSA) is 51.0 Å². The average Bonchev–Trinajstić information content (AvgIpc) is 2.89. The third kappa shape index (κ3) is 2.80. The third-order valence-corrected chi connectivity index (χ3v) is 3.77. The third-order valence-electron chi connectivity index (χ3n) is 3.52. The van der Waals surface area contributed by atoms with E-state index in [9.17, 15) is 0 Å². The van der Waals surface area contributed by atoms with Crippen molar-refractivity contribution < 1.29 is 4.52 Å². The highest BCUT2D eigenvalue weighted by Crippen LogP contribution is 2.28. The van der Waals surface area contributed by atoms with Crippen molar-refractivity contribution in [3.8, 4) is 11.4 Å². The van der Waals surface area contributed by atoms with Gasteiger partial charge in [-0.15, -0.1) is 0 Å². The maximum Gasteiger partial charge on any atom is 0.230 e. The first-order valence-electron chi connectivity index (χ1n) is 6.55. The SMILES string of the molecule is CC1CC(c2nc(-c3ccc(Cl)cc3)no2)CCN1. The second-order valence-corrected chi connectivity index (χ2v) is 5.48. The molecular formula is C14H16ClN3O. The summed E-state index contributed by atoms with van der Waals surface area (Å²) < 4.78 is 5.42. The van der Waals surface area contributed by atoms with Gasteiger partial charge in [0.25, 0.3) is 0 Å². The number of rotatable bonds is 2. The number of halogens is 1. The molecule has 2 unspecified atom stereocenters. The summed E-state index contributed by atoms with van der Waals surface area (Å²) in [5, 5.41) is 8.20. The van der Waals surface area contributed by atoms with Crippen LogP contribution in [-0.2, 0) is 0 Å². The van der Waals surface area contributed by atoms with Crippen molar-refractivity contribution in [2.75, 3.05) is 6.54 Å². The molecule has 3 rings (SSSR count). The Kier molecular flexibility index (Phi) is 3.53. The van der Waals surface area contributed by atoms with Crippen LogP contribution < -0.4 is 5.32 Å². The maximum atomic E-state index is 5.87. The number of nitrogens with zero attached hydrogens (tertiary/aromatic N) is 2. The van der Waals surface area contributed by atoms with Gasteiger partial charge < -0.3 is 9.84 Å². The standard InChI is InChI=1S/C14H16ClN3O/c1-9-8-11(6-7-16-9)14-17-13(18-19-14)10-2-4-12(15)5-3-10/h2-5,9,11,16H,6-8H2,1H3. The van der Waals surface area contributed by atoms with Crippen molar-refractivity contribution >= 4 is 11.6 Å². The summed E-state index contributed by atoms with van der Waals surface area (Å²) in [4.78, 5) is 4.52. The Labute approximate surface area is 117 Å². The Bertz CT molecular complexity index is 552. The summed E-state index contributed by atoms with van der Waals surface area (Å²) in [6.45, 7) is 3.19. The van der Waals surface area contributed by atoms with Crippen LogP contribution in [0.2, 0.25) is 5.02 Å². The molecule has 1 aliphatic heterocycles. The second kappa shape index (κ2) is 5.31. The van der Waals surface area contributed by atoms with Crippen molar-refractivity contribution in [3.05, 3.63) is 35.2 Å². The van der Waals surface area contributed by atoms with Gasteiger partial charge in [0.2, 0.25) is 11.7 Å². The van der Waals surface area contributed by atoms with Gasteiger partial charge in [-0.1, -0.05) is 16.8 Å². The first kappa shape index (κ1) is 12.6. The van der Waals surface area contributed by atoms with Crippen LogP contribution in [0.3, 0.4) is 0 Å². The molecule has 1 aliphatic rings. The van der Waals surface area contributed by atoms with Crippen molar-refractivity contribution in [2.45, 2.75) is 31.7 Å². The van der Waals surface area contributed by atoms with Crippen molar-refractivity contribution in [3.63, 3.8) is 0 Å². The average molecular weight is 278 g/mol. The zero-order chi connectivity index (χ0) is 13.2. The van der Waals surface area contributed by atoms with Crippen LogP contribution in [0.15, 0.2) is 28.8 Å². The highest BCUT2D eigenvalue weighted by molar-refractivity contribution is 6.30. The van der Waals surface area contributed by atoms with E-state index < -0.39 is 0 Å². The first-order chi connectivity index (χ1) is 9.22. The number of aromatic nitrogens is 2. The Balaban J connectivity index is 1.81. The number of hydrogen-bond donors (Lipinski definition) is 1. The van der Waals surface area contributed by atoms with Crippen molar-refractivity contribution in [1.29, 1.82) is 0 Å². The number of nitrogens with one attached hydrogen (secondary N) is 1. The fourth-order valence-corrected chi connectivity index (χ4v) is 2.60. The molecule has 1 N–H and O–H groups in total. The quantitative estimate of drug-likeness (QED) is 0.915. The molecule has 1 saturated heterocycles. The molecule has 100 valence electrons. The number of piperidine rings is 1. The molecule has 0 aliphatic carbocycles. The fraction of sp³-hybridized carbons (Fsp3) is 0.429. The lowest BCUT2D eigenvalue weighted by Crippen LogP contribution is -2.34. The highest BCUT2D eigenvalue weighted by atomic mass is 35.5. The monoisotopic (exact) mass is 277 g/mol. The normalized spacial score (nSPS) is 23.5. The molecule has 0 radical (unpaired) electrons. The van der Waals surface area contributed by atoms with E-state index in [4.69, 9.17) is 16.1 Å². The maximum absolute atomic E-state index is 5.87. The highest BCUT2D eigenvalue weighted by Gasteiger charge is 2.25. The molecular weight excluding hydrogens is 262 g/mol. The van der Waals surface area contributed by atoms with E-state index in [1.165, 1.54) is 0 Å². The molecule has 0 amide bonds. The molecule has 1 fully saturated rings. The van der Waals surface area contributed by atoms with Crippen LogP contribution in [0.5, 0.6) is 0 Å². The molecule has 1 aromatic heterocycles. The number of hydrogen-bond acceptors (Lipinski definition) is 4. The van der Waals surface area contributed by atoms with Crippen LogP contribution >= 0.6 is 11.6 Å². The van der Waals surface area contributed by atoms with E-state index in [2.05, 4.69) is 22.4 Å². The van der Waals surface area contributed by atoms with Gasteiger partial charge in [0, 0.05) is 22.5 Å². The summed E-state index contributed by atoms with van der Waals surface area (Å²) in [5.41, 5.74) is 0.932. The minimum atomic E-state index is 0.366. The van der Waals surface area contributed by atoms with Gasteiger partial charge in [0.05, 0.1) is 0 Å². The van der Waals surface area contributed by atoms with Crippen LogP contribution in [0, 0.1) is 0 Å². The summed E-state index contributed by atoms with van der Waals surface area (Å²) in [6.07, 6.45) is 2.09. The minimum absolute atomic E-state index is 0.366. The van der Waals surface area contributed by atoms with Crippen LogP contribution in [-0.4, -0.2) is 22.7 Å². The van der Waals surface area contributed by atoms with E-state index in [0.29, 0.717) is 22.8 Å². The molecule has 5 heteroatoms. The zero-order valence-corrected chi connectivity index (χ0v) is 11.5. The summed E-state index contributed by atoms with van der Waals surface area (Å²) >= 11 is 5.87. The molecule has 4 nitrogen and oxygen atoms in total. The summed E-state index contributed by atoms with van der Waals surface area (Å²) in [7, 11) is 0. The molecule has 0 spiro atoms. The van der Waals surface area contributed by atoms with Gasteiger partial charge in [0.15, 0.2) is 0 Å². The number of benzene rings is 1. The van der Waals surface area contributed by atoms with Crippen LogP contribution in [0.4, 0.5) is 0 Å². The molecule has 1 aromatic carbocycles. The zero-order valence-electron chi connectivity index (χ0n) is 10.8. The van der Waals surface area contributed by atoms with Gasteiger partial charge in [-0.3, -0.25) is 0 Å². The fourth-order valence-electron chi connectivity index (χ4n) is 2.47. The largest absolute Gasteiger partial charge is 0.339 e. The molecule has 0 saturated carbocycles. The smallest absolute Gasteiger partial charge is 0.230 e. The van der Waals surface area contributed by atoms with Crippen molar-refractivity contribution in [2.24, 2.45) is 0 Å². The Morgan fingerprint density at radius 1 is 1.32 bits per heavy atom. The van der Waals surface area contributed by atoms with Gasteiger partial charge >= 0.3 is 0 Å². The molecule has 19 heavy (non-hydrogen) atoms. The summed E-state index contributed by atoms with van der Waals surface area (Å²) in [6, 6.07) is 7.98. The van der Waals surface area contributed by atoms with Crippen LogP contribution in [0.25, 0.3) is 11.4 Å². The molecule has 2 aromatic rings. The van der Waals surface area contributed by atoms with E-state index in [0.717, 1.165) is 30.8 Å². The van der Waals surface area contributed by atoms with Crippen molar-refractivity contribution in [1.82, 2.24) is 15.5 Å². The van der Waals surface area contributed by atoms with E-state index in [-0.39, 0.29) is 0 Å². The Hall–Kier alpha value is -1.39. The lowest BCUT2D eigenvalue weighted by atomic mass is 9.93. The van der Waals surface area contributed by atoms with Gasteiger partial charge in [-0.25, -0.2) is 0 Å². The molecule has 0 bridgehead atoms. The first-order valence-corrected chi connectivity index (χ1v) is 6.93. The predicted octanol–water partition coefficient (Wildman–Crippen LogP) is 3.25. The van der Waals surface area contributed by atoms with Gasteiger partial charge in [-0.2, -0.15) is 4.98 Å². The Morgan fingerprint density at radius 2 is 2.11 bits per heavy atom. The molecule has 2 heterocycles.